The molecule has 0 unspecified atom stereocenters. The molecule has 1 aliphatic rings. The third-order valence-electron chi connectivity index (χ3n) is 3.34. The van der Waals surface area contributed by atoms with Gasteiger partial charge in [-0.05, 0) is 32.4 Å². The normalized spacial score (nSPS) is 20.9. The molecule has 0 amide bonds. The predicted molar refractivity (Wildman–Crippen MR) is 68.7 cm³/mol. The van der Waals surface area contributed by atoms with Crippen LogP contribution in [0.3, 0.4) is 0 Å². The Hall–Kier alpha value is -1.20. The Morgan fingerprint density at radius 3 is 2.39 bits per heavy atom. The van der Waals surface area contributed by atoms with Crippen LogP contribution in [0.25, 0.3) is 0 Å². The molecule has 0 saturated carbocycles. The fourth-order valence-electron chi connectivity index (χ4n) is 2.15. The molecule has 1 saturated heterocycles. The molecule has 0 N–H and O–H groups in total. The lowest BCUT2D eigenvalue weighted by molar-refractivity contribution is -0.123. The zero-order valence-corrected chi connectivity index (χ0v) is 11.4. The summed E-state index contributed by atoms with van der Waals surface area (Å²) in [6.07, 6.45) is 1.02. The summed E-state index contributed by atoms with van der Waals surface area (Å²) >= 11 is 0. The van der Waals surface area contributed by atoms with Crippen molar-refractivity contribution >= 4 is 15.8 Å². The Kier molecular flexibility index (Phi) is 3.29. The lowest BCUT2D eigenvalue weighted by atomic mass is 9.93. The van der Waals surface area contributed by atoms with Crippen molar-refractivity contribution in [2.45, 2.75) is 37.1 Å². The van der Waals surface area contributed by atoms with Crippen molar-refractivity contribution in [1.29, 1.82) is 0 Å². The standard InChI is InChI=1S/C13H17NO3S/c1-13(2)9-8-11(15)10-14(13)18(16,17)12-6-4-3-5-7-12/h3-7H,8-10H2,1-2H3. The van der Waals surface area contributed by atoms with Gasteiger partial charge in [-0.25, -0.2) is 8.42 Å². The minimum absolute atomic E-state index is 0.0196. The van der Waals surface area contributed by atoms with Crippen LogP contribution in [0.2, 0.25) is 0 Å². The molecule has 0 aliphatic carbocycles. The lowest BCUT2D eigenvalue weighted by Gasteiger charge is -2.40. The first-order chi connectivity index (χ1) is 8.34. The average molecular weight is 267 g/mol. The molecule has 1 heterocycles. The molecule has 1 fully saturated rings. The summed E-state index contributed by atoms with van der Waals surface area (Å²) in [5.74, 6) is -0.0196. The van der Waals surface area contributed by atoms with E-state index in [4.69, 9.17) is 0 Å². The van der Waals surface area contributed by atoms with Crippen LogP contribution in [-0.4, -0.2) is 30.6 Å². The second-order valence-electron chi connectivity index (χ2n) is 5.18. The number of carbonyl (C=O) groups is 1. The van der Waals surface area contributed by atoms with E-state index < -0.39 is 15.6 Å². The molecule has 2 rings (SSSR count). The number of nitrogens with zero attached hydrogens (tertiary/aromatic N) is 1. The van der Waals surface area contributed by atoms with Gasteiger partial charge in [-0.2, -0.15) is 4.31 Å². The quantitative estimate of drug-likeness (QED) is 0.821. The topological polar surface area (TPSA) is 54.5 Å². The maximum atomic E-state index is 12.5. The maximum absolute atomic E-state index is 12.5. The van der Waals surface area contributed by atoms with E-state index in [-0.39, 0.29) is 17.2 Å². The van der Waals surface area contributed by atoms with Gasteiger partial charge in [0.05, 0.1) is 11.4 Å². The molecule has 0 aromatic heterocycles. The zero-order valence-electron chi connectivity index (χ0n) is 10.6. The number of hydrogen-bond donors (Lipinski definition) is 0. The molecule has 0 radical (unpaired) electrons. The molecule has 1 aliphatic heterocycles. The highest BCUT2D eigenvalue weighted by Crippen LogP contribution is 2.31. The van der Waals surface area contributed by atoms with Crippen molar-refractivity contribution in [3.05, 3.63) is 30.3 Å². The summed E-state index contributed by atoms with van der Waals surface area (Å²) in [4.78, 5) is 11.8. The van der Waals surface area contributed by atoms with Gasteiger partial charge in [0, 0.05) is 12.0 Å². The monoisotopic (exact) mass is 267 g/mol. The Labute approximate surface area is 108 Å². The van der Waals surface area contributed by atoms with Crippen molar-refractivity contribution in [2.24, 2.45) is 0 Å². The first-order valence-corrected chi connectivity index (χ1v) is 7.38. The van der Waals surface area contributed by atoms with Gasteiger partial charge in [0.1, 0.15) is 5.78 Å². The summed E-state index contributed by atoms with van der Waals surface area (Å²) in [7, 11) is -3.59. The van der Waals surface area contributed by atoms with Gasteiger partial charge >= 0.3 is 0 Å². The second kappa shape index (κ2) is 4.48. The summed E-state index contributed by atoms with van der Waals surface area (Å²) in [6.45, 7) is 3.70. The Morgan fingerprint density at radius 1 is 1.17 bits per heavy atom. The fraction of sp³-hybridized carbons (Fsp3) is 0.462. The third-order valence-corrected chi connectivity index (χ3v) is 5.41. The minimum atomic E-state index is -3.59. The van der Waals surface area contributed by atoms with Crippen molar-refractivity contribution in [2.75, 3.05) is 6.54 Å². The number of carbonyl (C=O) groups excluding carboxylic acids is 1. The van der Waals surface area contributed by atoms with Gasteiger partial charge < -0.3 is 0 Å². The summed E-state index contributed by atoms with van der Waals surface area (Å²) < 4.78 is 26.4. The average Bonchev–Trinajstić information content (AvgIpc) is 2.33. The number of Topliss-reactive ketones (excluding diaryl/α,β-unsaturated/α-hetero) is 1. The second-order valence-corrected chi connectivity index (χ2v) is 7.04. The van der Waals surface area contributed by atoms with Gasteiger partial charge in [-0.15, -0.1) is 0 Å². The molecule has 1 aromatic rings. The van der Waals surface area contributed by atoms with E-state index in [9.17, 15) is 13.2 Å². The van der Waals surface area contributed by atoms with Crippen LogP contribution in [0.15, 0.2) is 35.2 Å². The van der Waals surface area contributed by atoms with E-state index in [1.165, 1.54) is 4.31 Å². The molecule has 1 aromatic carbocycles. The van der Waals surface area contributed by atoms with Crippen LogP contribution in [0.5, 0.6) is 0 Å². The molecule has 18 heavy (non-hydrogen) atoms. The van der Waals surface area contributed by atoms with E-state index >= 15 is 0 Å². The molecule has 98 valence electrons. The smallest absolute Gasteiger partial charge is 0.243 e. The highest BCUT2D eigenvalue weighted by atomic mass is 32.2. The van der Waals surface area contributed by atoms with Crippen molar-refractivity contribution in [3.8, 4) is 0 Å². The van der Waals surface area contributed by atoms with Gasteiger partial charge in [0.25, 0.3) is 0 Å². The largest absolute Gasteiger partial charge is 0.298 e. The van der Waals surface area contributed by atoms with E-state index in [1.54, 1.807) is 30.3 Å². The molecular weight excluding hydrogens is 250 g/mol. The molecule has 4 nitrogen and oxygen atoms in total. The summed E-state index contributed by atoms with van der Waals surface area (Å²) in [5, 5.41) is 0. The van der Waals surface area contributed by atoms with Crippen LogP contribution in [0.4, 0.5) is 0 Å². The van der Waals surface area contributed by atoms with Crippen molar-refractivity contribution < 1.29 is 13.2 Å². The first-order valence-electron chi connectivity index (χ1n) is 5.94. The van der Waals surface area contributed by atoms with Crippen molar-refractivity contribution in [1.82, 2.24) is 4.31 Å². The van der Waals surface area contributed by atoms with Crippen LogP contribution in [0.1, 0.15) is 26.7 Å². The SMILES string of the molecule is CC1(C)CCC(=O)CN1S(=O)(=O)c1ccccc1. The lowest BCUT2D eigenvalue weighted by Crippen LogP contribution is -2.53. The van der Waals surface area contributed by atoms with Gasteiger partial charge in [0.2, 0.25) is 10.0 Å². The number of benzene rings is 1. The predicted octanol–water partition coefficient (Wildman–Crippen LogP) is 1.82. The van der Waals surface area contributed by atoms with Crippen LogP contribution < -0.4 is 0 Å². The summed E-state index contributed by atoms with van der Waals surface area (Å²) in [6, 6.07) is 8.26. The molecular formula is C13H17NO3S. The molecule has 0 bridgehead atoms. The molecule has 0 spiro atoms. The van der Waals surface area contributed by atoms with Gasteiger partial charge in [0.15, 0.2) is 0 Å². The highest BCUT2D eigenvalue weighted by Gasteiger charge is 2.41. The first kappa shape index (κ1) is 13.2. The van der Waals surface area contributed by atoms with E-state index in [2.05, 4.69) is 0 Å². The number of rotatable bonds is 2. The van der Waals surface area contributed by atoms with Crippen LogP contribution >= 0.6 is 0 Å². The number of hydrogen-bond acceptors (Lipinski definition) is 3. The van der Waals surface area contributed by atoms with E-state index in [0.717, 1.165) is 0 Å². The van der Waals surface area contributed by atoms with Crippen molar-refractivity contribution in [3.63, 3.8) is 0 Å². The Bertz CT molecular complexity index is 549. The Balaban J connectivity index is 2.43. The number of piperidine rings is 1. The molecule has 5 heteroatoms. The minimum Gasteiger partial charge on any atom is -0.298 e. The number of sulfonamides is 1. The third kappa shape index (κ3) is 2.33. The van der Waals surface area contributed by atoms with Crippen LogP contribution in [0, 0.1) is 0 Å². The maximum Gasteiger partial charge on any atom is 0.243 e. The van der Waals surface area contributed by atoms with Gasteiger partial charge in [-0.1, -0.05) is 18.2 Å². The summed E-state index contributed by atoms with van der Waals surface area (Å²) in [5.41, 5.74) is -0.511. The van der Waals surface area contributed by atoms with Gasteiger partial charge in [-0.3, -0.25) is 4.79 Å². The Morgan fingerprint density at radius 2 is 1.78 bits per heavy atom. The fourth-order valence-corrected chi connectivity index (χ4v) is 3.96. The van der Waals surface area contributed by atoms with Crippen LogP contribution in [-0.2, 0) is 14.8 Å². The molecule has 0 atom stereocenters. The van der Waals surface area contributed by atoms with E-state index in [1.807, 2.05) is 13.8 Å². The van der Waals surface area contributed by atoms with E-state index in [0.29, 0.717) is 12.8 Å². The zero-order chi connectivity index (χ0) is 13.4. The highest BCUT2D eigenvalue weighted by molar-refractivity contribution is 7.89. The number of ketones is 1.